The number of ether oxygens (including phenoxy) is 1. The highest BCUT2D eigenvalue weighted by atomic mass is 32.1. The van der Waals surface area contributed by atoms with Crippen LogP contribution in [-0.4, -0.2) is 91.7 Å². The molecule has 4 heterocycles. The lowest BCUT2D eigenvalue weighted by molar-refractivity contribution is -0.137. The number of hydrogen-bond donors (Lipinski definition) is 2. The molecule has 198 valence electrons. The third-order valence-electron chi connectivity index (χ3n) is 6.23. The maximum absolute atomic E-state index is 13.6. The van der Waals surface area contributed by atoms with Crippen LogP contribution >= 0.6 is 11.3 Å². The second-order valence-electron chi connectivity index (χ2n) is 9.00. The molecule has 13 heteroatoms. The molecule has 2 fully saturated rings. The second-order valence-corrected chi connectivity index (χ2v) is 10.2. The van der Waals surface area contributed by atoms with Crippen LogP contribution in [0, 0.1) is 6.92 Å². The Morgan fingerprint density at radius 2 is 1.97 bits per heavy atom. The lowest BCUT2D eigenvalue weighted by atomic mass is 10.2. The topological polar surface area (TPSA) is 85.9 Å². The Kier molecular flexibility index (Phi) is 8.52. The smallest absolute Gasteiger partial charge is 0.384 e. The maximum atomic E-state index is 13.6. The summed E-state index contributed by atoms with van der Waals surface area (Å²) in [6, 6.07) is 1.36. The third kappa shape index (κ3) is 6.77. The normalized spacial score (nSPS) is 17.9. The minimum Gasteiger partial charge on any atom is -0.384 e. The average molecular weight is 528 g/mol. The number of amides is 1. The number of aromatic nitrogens is 2. The van der Waals surface area contributed by atoms with Crippen molar-refractivity contribution in [3.05, 3.63) is 22.7 Å². The van der Waals surface area contributed by atoms with E-state index in [9.17, 15) is 18.0 Å². The van der Waals surface area contributed by atoms with Crippen LogP contribution in [0.25, 0.3) is 0 Å². The summed E-state index contributed by atoms with van der Waals surface area (Å²) in [6.07, 6.45) is -2.45. The van der Waals surface area contributed by atoms with Crippen molar-refractivity contribution >= 4 is 39.7 Å². The molecule has 36 heavy (non-hydrogen) atoms. The van der Waals surface area contributed by atoms with Crippen molar-refractivity contribution in [1.82, 2.24) is 19.8 Å². The number of carbonyl (C=O) groups excluding carboxylic acids is 1. The molecule has 2 aromatic rings. The van der Waals surface area contributed by atoms with Crippen molar-refractivity contribution in [3.63, 3.8) is 0 Å². The van der Waals surface area contributed by atoms with Gasteiger partial charge in [-0.15, -0.1) is 0 Å². The summed E-state index contributed by atoms with van der Waals surface area (Å²) in [4.78, 5) is 27.8. The highest BCUT2D eigenvalue weighted by molar-refractivity contribution is 7.16. The summed E-state index contributed by atoms with van der Waals surface area (Å²) in [5.74, 6) is 0.783. The molecule has 2 aliphatic rings. The molecule has 2 saturated heterocycles. The zero-order valence-electron chi connectivity index (χ0n) is 20.5. The molecular formula is C23H32F3N7O2S. The minimum atomic E-state index is -4.54. The Morgan fingerprint density at radius 3 is 2.72 bits per heavy atom. The fourth-order valence-electron chi connectivity index (χ4n) is 4.11. The van der Waals surface area contributed by atoms with E-state index >= 15 is 0 Å². The largest absolute Gasteiger partial charge is 0.419 e. The van der Waals surface area contributed by atoms with Crippen molar-refractivity contribution in [1.29, 1.82) is 0 Å². The lowest BCUT2D eigenvalue weighted by Gasteiger charge is -2.32. The van der Waals surface area contributed by atoms with Gasteiger partial charge in [0.2, 0.25) is 5.91 Å². The molecule has 0 aromatic carbocycles. The molecule has 4 rings (SSSR count). The average Bonchev–Trinajstić information content (AvgIpc) is 3.06. The van der Waals surface area contributed by atoms with Gasteiger partial charge in [0.05, 0.1) is 11.3 Å². The van der Waals surface area contributed by atoms with Gasteiger partial charge in [-0.1, -0.05) is 11.3 Å². The molecule has 0 unspecified atom stereocenters. The van der Waals surface area contributed by atoms with Crippen LogP contribution in [0.3, 0.4) is 0 Å². The first-order valence-electron chi connectivity index (χ1n) is 12.1. The van der Waals surface area contributed by atoms with Crippen LogP contribution in [0.4, 0.5) is 35.6 Å². The molecule has 9 nitrogen and oxygen atoms in total. The van der Waals surface area contributed by atoms with E-state index in [1.807, 2.05) is 6.92 Å². The number of hydrogen-bond acceptors (Lipinski definition) is 9. The summed E-state index contributed by atoms with van der Waals surface area (Å²) in [5.41, 5.74) is -0.891. The predicted molar refractivity (Wildman–Crippen MR) is 134 cm³/mol. The van der Waals surface area contributed by atoms with Gasteiger partial charge in [0.25, 0.3) is 0 Å². The van der Waals surface area contributed by atoms with Crippen molar-refractivity contribution in [2.75, 3.05) is 81.6 Å². The van der Waals surface area contributed by atoms with Gasteiger partial charge in [0.15, 0.2) is 5.13 Å². The van der Waals surface area contributed by atoms with Crippen LogP contribution < -0.4 is 15.5 Å². The van der Waals surface area contributed by atoms with Crippen LogP contribution in [0.1, 0.15) is 23.3 Å². The highest BCUT2D eigenvalue weighted by Gasteiger charge is 2.34. The standard InChI is InChI=1S/C23H32F3N7O2S/c1-16-21(30-22(36-16)33-10-8-31(2)9-11-33)29-19-13-18(17(14-28-19)23(24,25)26)27-5-3-6-32-7-4-12-35-15-20(32)34/h13-14H,3-12,15H2,1-2H3,(H2,27,28,29). The monoisotopic (exact) mass is 527 g/mol. The minimum absolute atomic E-state index is 0.0532. The number of rotatable bonds is 8. The van der Waals surface area contributed by atoms with Gasteiger partial charge in [-0.25, -0.2) is 9.97 Å². The summed E-state index contributed by atoms with van der Waals surface area (Å²) >= 11 is 1.55. The van der Waals surface area contributed by atoms with Crippen LogP contribution in [0.15, 0.2) is 12.3 Å². The van der Waals surface area contributed by atoms with Gasteiger partial charge in [-0.2, -0.15) is 13.2 Å². The van der Waals surface area contributed by atoms with E-state index in [4.69, 9.17) is 4.74 Å². The number of nitrogens with zero attached hydrogens (tertiary/aromatic N) is 5. The number of nitrogens with one attached hydrogen (secondary N) is 2. The first-order chi connectivity index (χ1) is 17.2. The fourth-order valence-corrected chi connectivity index (χ4v) is 5.03. The third-order valence-corrected chi connectivity index (χ3v) is 7.26. The maximum Gasteiger partial charge on any atom is 0.419 e. The number of thiazole rings is 1. The highest BCUT2D eigenvalue weighted by Crippen LogP contribution is 2.37. The number of aryl methyl sites for hydroxylation is 1. The second kappa shape index (κ2) is 11.6. The number of pyridine rings is 1. The fraction of sp³-hybridized carbons (Fsp3) is 0.609. The first kappa shape index (κ1) is 26.4. The molecule has 0 saturated carbocycles. The van der Waals surface area contributed by atoms with E-state index in [1.54, 1.807) is 16.2 Å². The lowest BCUT2D eigenvalue weighted by Crippen LogP contribution is -2.44. The zero-order valence-corrected chi connectivity index (χ0v) is 21.3. The first-order valence-corrected chi connectivity index (χ1v) is 12.9. The Balaban J connectivity index is 1.41. The molecule has 0 aliphatic carbocycles. The quantitative estimate of drug-likeness (QED) is 0.506. The Labute approximate surface area is 212 Å². The van der Waals surface area contributed by atoms with Gasteiger partial charge in [-0.05, 0) is 26.8 Å². The van der Waals surface area contributed by atoms with Gasteiger partial charge >= 0.3 is 6.18 Å². The van der Waals surface area contributed by atoms with Crippen molar-refractivity contribution in [2.24, 2.45) is 0 Å². The number of alkyl halides is 3. The van der Waals surface area contributed by atoms with Crippen molar-refractivity contribution in [2.45, 2.75) is 25.9 Å². The number of piperazine rings is 1. The molecule has 2 aromatic heterocycles. The molecule has 0 radical (unpaired) electrons. The Morgan fingerprint density at radius 1 is 1.19 bits per heavy atom. The Hall–Kier alpha value is -2.64. The number of carbonyl (C=O) groups is 1. The number of halogens is 3. The van der Waals surface area contributed by atoms with E-state index in [-0.39, 0.29) is 30.6 Å². The van der Waals surface area contributed by atoms with Gasteiger partial charge < -0.3 is 30.1 Å². The van der Waals surface area contributed by atoms with Crippen LogP contribution in [-0.2, 0) is 15.7 Å². The molecule has 0 atom stereocenters. The molecule has 2 N–H and O–H groups in total. The number of likely N-dealkylation sites (N-methyl/N-ethyl adjacent to an activating group) is 1. The summed E-state index contributed by atoms with van der Waals surface area (Å²) in [7, 11) is 2.09. The van der Waals surface area contributed by atoms with Crippen molar-refractivity contribution < 1.29 is 22.7 Å². The summed E-state index contributed by atoms with van der Waals surface area (Å²) < 4.78 is 46.1. The van der Waals surface area contributed by atoms with Crippen molar-refractivity contribution in [3.8, 4) is 0 Å². The van der Waals surface area contributed by atoms with Gasteiger partial charge in [0, 0.05) is 69.6 Å². The summed E-state index contributed by atoms with van der Waals surface area (Å²) in [5, 5.41) is 6.87. The van der Waals surface area contributed by atoms with Gasteiger partial charge in [0.1, 0.15) is 18.2 Å². The van der Waals surface area contributed by atoms with Crippen LogP contribution in [0.2, 0.25) is 0 Å². The van der Waals surface area contributed by atoms with Crippen LogP contribution in [0.5, 0.6) is 0 Å². The molecular weight excluding hydrogens is 495 g/mol. The van der Waals surface area contributed by atoms with E-state index in [1.165, 1.54) is 6.07 Å². The molecule has 0 bridgehead atoms. The molecule has 2 aliphatic heterocycles. The van der Waals surface area contributed by atoms with E-state index in [0.29, 0.717) is 31.9 Å². The van der Waals surface area contributed by atoms with E-state index in [2.05, 4.69) is 37.4 Å². The summed E-state index contributed by atoms with van der Waals surface area (Å²) in [6.45, 7) is 7.52. The SMILES string of the molecule is Cc1sc(N2CCN(C)CC2)nc1Nc1cc(NCCCN2CCCOCC2=O)c(C(F)(F)F)cn1. The zero-order chi connectivity index (χ0) is 25.7. The molecule has 1 amide bonds. The Bertz CT molecular complexity index is 1040. The van der Waals surface area contributed by atoms with Gasteiger partial charge in [-0.3, -0.25) is 4.79 Å². The predicted octanol–water partition coefficient (Wildman–Crippen LogP) is 3.41. The van der Waals surface area contributed by atoms with E-state index in [0.717, 1.165) is 48.8 Å². The number of anilines is 4. The van der Waals surface area contributed by atoms with E-state index < -0.39 is 11.7 Å². The molecule has 0 spiro atoms.